The number of hydrogen-bond donors (Lipinski definition) is 2. The van der Waals surface area contributed by atoms with Gasteiger partial charge in [-0.25, -0.2) is 0 Å². The van der Waals surface area contributed by atoms with Gasteiger partial charge in [0.15, 0.2) is 0 Å². The molecule has 1 saturated heterocycles. The van der Waals surface area contributed by atoms with Crippen molar-refractivity contribution in [2.75, 3.05) is 13.2 Å². The molecule has 2 rings (SSSR count). The van der Waals surface area contributed by atoms with E-state index in [0.29, 0.717) is 21.6 Å². The van der Waals surface area contributed by atoms with Crippen LogP contribution < -0.4 is 5.32 Å². The summed E-state index contributed by atoms with van der Waals surface area (Å²) in [6.07, 6.45) is 2.11. The van der Waals surface area contributed by atoms with Crippen LogP contribution in [0.1, 0.15) is 24.4 Å². The average molecular weight is 349 g/mol. The third kappa shape index (κ3) is 3.92. The minimum atomic E-state index is -0.916. The Bertz CT molecular complexity index is 463. The third-order valence-electron chi connectivity index (χ3n) is 3.09. The summed E-state index contributed by atoms with van der Waals surface area (Å²) in [5, 5.41) is 12.9. The molecule has 0 aromatic heterocycles. The summed E-state index contributed by atoms with van der Waals surface area (Å²) in [4.78, 5) is 11.4. The van der Waals surface area contributed by atoms with E-state index in [9.17, 15) is 9.90 Å². The average Bonchev–Trinajstić information content (AvgIpc) is 2.84. The van der Waals surface area contributed by atoms with Crippen LogP contribution in [0, 0.1) is 0 Å². The van der Waals surface area contributed by atoms with Gasteiger partial charge >= 0.3 is 5.97 Å². The van der Waals surface area contributed by atoms with Crippen molar-refractivity contribution in [2.45, 2.75) is 25.0 Å². The Labute approximate surface area is 125 Å². The number of carbonyl (C=O) groups is 1. The zero-order valence-corrected chi connectivity index (χ0v) is 12.6. The van der Waals surface area contributed by atoms with Crippen LogP contribution in [0.25, 0.3) is 0 Å². The summed E-state index contributed by atoms with van der Waals surface area (Å²) < 4.78 is 6.17. The molecular weight excluding hydrogens is 334 g/mol. The lowest BCUT2D eigenvalue weighted by atomic mass is 10.1. The molecule has 1 aromatic rings. The standard InChI is InChI=1S/C13H15BrClNO3/c14-11-6-8(15)3-4-10(11)12(13(17)18)16-7-9-2-1-5-19-9/h3-4,6,9,12,16H,1-2,5,7H2,(H,17,18). The number of benzene rings is 1. The molecular formula is C13H15BrClNO3. The van der Waals surface area contributed by atoms with Gasteiger partial charge in [0.1, 0.15) is 6.04 Å². The van der Waals surface area contributed by atoms with Gasteiger partial charge in [0.05, 0.1) is 6.10 Å². The lowest BCUT2D eigenvalue weighted by Gasteiger charge is -2.18. The molecule has 6 heteroatoms. The summed E-state index contributed by atoms with van der Waals surface area (Å²) in [6, 6.07) is 4.33. The molecule has 0 bridgehead atoms. The van der Waals surface area contributed by atoms with Gasteiger partial charge in [0.25, 0.3) is 0 Å². The van der Waals surface area contributed by atoms with Gasteiger partial charge in [-0.3, -0.25) is 10.1 Å². The number of halogens is 2. The number of nitrogens with one attached hydrogen (secondary N) is 1. The number of aliphatic carboxylic acids is 1. The molecule has 104 valence electrons. The fourth-order valence-electron chi connectivity index (χ4n) is 2.12. The minimum Gasteiger partial charge on any atom is -0.480 e. The van der Waals surface area contributed by atoms with Crippen LogP contribution in [0.3, 0.4) is 0 Å². The Morgan fingerprint density at radius 2 is 2.42 bits per heavy atom. The van der Waals surface area contributed by atoms with Gasteiger partial charge in [0.2, 0.25) is 0 Å². The lowest BCUT2D eigenvalue weighted by molar-refractivity contribution is -0.139. The zero-order chi connectivity index (χ0) is 13.8. The largest absolute Gasteiger partial charge is 0.480 e. The number of carboxylic acid groups (broad SMARTS) is 1. The van der Waals surface area contributed by atoms with Gasteiger partial charge in [-0.1, -0.05) is 33.6 Å². The van der Waals surface area contributed by atoms with E-state index in [0.717, 1.165) is 19.4 Å². The van der Waals surface area contributed by atoms with E-state index in [1.165, 1.54) is 0 Å². The Morgan fingerprint density at radius 3 is 3.00 bits per heavy atom. The van der Waals surface area contributed by atoms with E-state index < -0.39 is 12.0 Å². The smallest absolute Gasteiger partial charge is 0.325 e. The van der Waals surface area contributed by atoms with Gasteiger partial charge in [-0.15, -0.1) is 0 Å². The SMILES string of the molecule is O=C(O)C(NCC1CCCO1)c1ccc(Cl)cc1Br. The van der Waals surface area contributed by atoms with E-state index >= 15 is 0 Å². The van der Waals surface area contributed by atoms with Crippen molar-refractivity contribution in [2.24, 2.45) is 0 Å². The predicted octanol–water partition coefficient (Wildman–Crippen LogP) is 3.00. The summed E-state index contributed by atoms with van der Waals surface area (Å²) in [5.41, 5.74) is 0.662. The molecule has 2 unspecified atom stereocenters. The molecule has 0 spiro atoms. The fourth-order valence-corrected chi connectivity index (χ4v) is 3.03. The highest BCUT2D eigenvalue weighted by molar-refractivity contribution is 9.10. The molecule has 0 amide bonds. The topological polar surface area (TPSA) is 58.6 Å². The van der Waals surface area contributed by atoms with Crippen molar-refractivity contribution in [3.05, 3.63) is 33.3 Å². The van der Waals surface area contributed by atoms with E-state index in [2.05, 4.69) is 21.2 Å². The lowest BCUT2D eigenvalue weighted by Crippen LogP contribution is -2.34. The van der Waals surface area contributed by atoms with Crippen molar-refractivity contribution >= 4 is 33.5 Å². The van der Waals surface area contributed by atoms with Crippen LogP contribution in [0.15, 0.2) is 22.7 Å². The van der Waals surface area contributed by atoms with Gasteiger partial charge in [-0.05, 0) is 30.5 Å². The number of carboxylic acids is 1. The third-order valence-corrected chi connectivity index (χ3v) is 4.02. The molecule has 19 heavy (non-hydrogen) atoms. The van der Waals surface area contributed by atoms with Crippen molar-refractivity contribution in [1.29, 1.82) is 0 Å². The van der Waals surface area contributed by atoms with Crippen LogP contribution in [0.5, 0.6) is 0 Å². The van der Waals surface area contributed by atoms with Crippen LogP contribution in [0.2, 0.25) is 5.02 Å². The monoisotopic (exact) mass is 347 g/mol. The summed E-state index contributed by atoms with van der Waals surface area (Å²) in [7, 11) is 0. The molecule has 1 heterocycles. The predicted molar refractivity (Wildman–Crippen MR) is 76.5 cm³/mol. The maximum Gasteiger partial charge on any atom is 0.325 e. The Hall–Kier alpha value is -0.620. The molecule has 1 aliphatic heterocycles. The Balaban J connectivity index is 2.08. The van der Waals surface area contributed by atoms with Crippen LogP contribution in [0.4, 0.5) is 0 Å². The molecule has 1 aromatic carbocycles. The molecule has 2 N–H and O–H groups in total. The van der Waals surface area contributed by atoms with Crippen LogP contribution in [-0.4, -0.2) is 30.3 Å². The second-order valence-electron chi connectivity index (χ2n) is 4.48. The van der Waals surface area contributed by atoms with Crippen molar-refractivity contribution in [3.8, 4) is 0 Å². The molecule has 0 aliphatic carbocycles. The van der Waals surface area contributed by atoms with Gasteiger partial charge in [-0.2, -0.15) is 0 Å². The maximum absolute atomic E-state index is 11.4. The first kappa shape index (κ1) is 14.8. The van der Waals surface area contributed by atoms with Crippen molar-refractivity contribution in [1.82, 2.24) is 5.32 Å². The van der Waals surface area contributed by atoms with E-state index in [1.54, 1.807) is 18.2 Å². The van der Waals surface area contributed by atoms with E-state index in [-0.39, 0.29) is 6.10 Å². The van der Waals surface area contributed by atoms with E-state index in [4.69, 9.17) is 16.3 Å². The van der Waals surface area contributed by atoms with Gasteiger partial charge < -0.3 is 9.84 Å². The first-order valence-corrected chi connectivity index (χ1v) is 7.28. The number of hydrogen-bond acceptors (Lipinski definition) is 3. The van der Waals surface area contributed by atoms with Crippen LogP contribution >= 0.6 is 27.5 Å². The Kier molecular flexibility index (Phi) is 5.21. The zero-order valence-electron chi connectivity index (χ0n) is 10.2. The summed E-state index contributed by atoms with van der Waals surface area (Å²) >= 11 is 9.21. The normalized spacial score (nSPS) is 20.4. The summed E-state index contributed by atoms with van der Waals surface area (Å²) in [5.74, 6) is -0.916. The minimum absolute atomic E-state index is 0.105. The first-order chi connectivity index (χ1) is 9.08. The number of rotatable bonds is 5. The van der Waals surface area contributed by atoms with E-state index in [1.807, 2.05) is 0 Å². The highest BCUT2D eigenvalue weighted by Gasteiger charge is 2.24. The van der Waals surface area contributed by atoms with Crippen molar-refractivity contribution in [3.63, 3.8) is 0 Å². The highest BCUT2D eigenvalue weighted by atomic mass is 79.9. The molecule has 0 saturated carbocycles. The highest BCUT2D eigenvalue weighted by Crippen LogP contribution is 2.27. The Morgan fingerprint density at radius 1 is 1.63 bits per heavy atom. The summed E-state index contributed by atoms with van der Waals surface area (Å²) in [6.45, 7) is 1.29. The second kappa shape index (κ2) is 6.70. The quantitative estimate of drug-likeness (QED) is 0.859. The fraction of sp³-hybridized carbons (Fsp3) is 0.462. The maximum atomic E-state index is 11.4. The molecule has 1 fully saturated rings. The molecule has 0 radical (unpaired) electrons. The molecule has 1 aliphatic rings. The van der Waals surface area contributed by atoms with Crippen molar-refractivity contribution < 1.29 is 14.6 Å². The number of ether oxygens (including phenoxy) is 1. The molecule has 2 atom stereocenters. The van der Waals surface area contributed by atoms with Gasteiger partial charge in [0, 0.05) is 22.6 Å². The van der Waals surface area contributed by atoms with Crippen LogP contribution in [-0.2, 0) is 9.53 Å². The molecule has 4 nitrogen and oxygen atoms in total. The second-order valence-corrected chi connectivity index (χ2v) is 5.77. The first-order valence-electron chi connectivity index (χ1n) is 6.10.